The van der Waals surface area contributed by atoms with Crippen molar-refractivity contribution in [3.63, 3.8) is 0 Å². The van der Waals surface area contributed by atoms with Crippen molar-refractivity contribution in [3.8, 4) is 0 Å². The fourth-order valence-corrected chi connectivity index (χ4v) is 3.30. The molecule has 0 fully saturated rings. The number of aldehydes is 1. The number of thiazole rings is 1. The van der Waals surface area contributed by atoms with Crippen LogP contribution in [0.15, 0.2) is 24.3 Å². The molecule has 0 amide bonds. The lowest BCUT2D eigenvalue weighted by molar-refractivity contribution is 0.112. The molecule has 0 aliphatic rings. The van der Waals surface area contributed by atoms with Gasteiger partial charge in [-0.2, -0.15) is 0 Å². The monoisotopic (exact) mass is 302 g/mol. The van der Waals surface area contributed by atoms with Gasteiger partial charge in [0.05, 0.1) is 10.6 Å². The van der Waals surface area contributed by atoms with Crippen LogP contribution in [0, 0.1) is 6.92 Å². The first-order valence-corrected chi connectivity index (χ1v) is 7.86. The fraction of sp³-hybridized carbons (Fsp3) is 0.412. The lowest BCUT2D eigenvalue weighted by Gasteiger charge is -2.18. The highest BCUT2D eigenvalue weighted by atomic mass is 32.1. The van der Waals surface area contributed by atoms with Crippen molar-refractivity contribution in [2.24, 2.45) is 0 Å². The summed E-state index contributed by atoms with van der Waals surface area (Å²) in [6.45, 7) is 9.13. The van der Waals surface area contributed by atoms with E-state index in [1.54, 1.807) is 0 Å². The fourth-order valence-electron chi connectivity index (χ4n) is 2.25. The molecule has 0 spiro atoms. The summed E-state index contributed by atoms with van der Waals surface area (Å²) in [6.07, 6.45) is 0.919. The smallest absolute Gasteiger partial charge is 0.186 e. The summed E-state index contributed by atoms with van der Waals surface area (Å²) >= 11 is 1.46. The summed E-state index contributed by atoms with van der Waals surface area (Å²) in [4.78, 5) is 18.8. The van der Waals surface area contributed by atoms with Crippen molar-refractivity contribution in [3.05, 3.63) is 46.0 Å². The second kappa shape index (κ2) is 5.98. The van der Waals surface area contributed by atoms with E-state index in [2.05, 4.69) is 61.8 Å². The number of hydrogen-bond acceptors (Lipinski definition) is 4. The topological polar surface area (TPSA) is 33.2 Å². The number of aryl methyl sites for hydroxylation is 1. The Morgan fingerprint density at radius 3 is 2.57 bits per heavy atom. The first-order valence-electron chi connectivity index (χ1n) is 7.04. The third kappa shape index (κ3) is 3.70. The molecule has 21 heavy (non-hydrogen) atoms. The SMILES string of the molecule is Cc1cccc(CN(C)c2nc(C(C)(C)C)c(C=O)s2)c1. The molecule has 0 bridgehead atoms. The van der Waals surface area contributed by atoms with Crippen LogP contribution in [0.4, 0.5) is 5.13 Å². The van der Waals surface area contributed by atoms with Crippen molar-refractivity contribution < 1.29 is 4.79 Å². The zero-order valence-corrected chi connectivity index (χ0v) is 14.1. The standard InChI is InChI=1S/C17H22N2OS/c1-12-7-6-8-13(9-12)10-19(5)16-18-15(17(2,3)4)14(11-20)21-16/h6-9,11H,10H2,1-5H3. The normalized spacial score (nSPS) is 11.5. The van der Waals surface area contributed by atoms with Crippen molar-refractivity contribution in [1.82, 2.24) is 4.98 Å². The molecule has 0 atom stereocenters. The van der Waals surface area contributed by atoms with Gasteiger partial charge in [-0.3, -0.25) is 4.79 Å². The molecule has 0 radical (unpaired) electrons. The Labute approximate surface area is 130 Å². The number of hydrogen-bond donors (Lipinski definition) is 0. The Morgan fingerprint density at radius 1 is 1.33 bits per heavy atom. The molecule has 0 saturated carbocycles. The van der Waals surface area contributed by atoms with Crippen molar-refractivity contribution in [2.75, 3.05) is 11.9 Å². The van der Waals surface area contributed by atoms with Gasteiger partial charge in [0.2, 0.25) is 0 Å². The molecule has 2 rings (SSSR count). The van der Waals surface area contributed by atoms with Gasteiger partial charge in [0.1, 0.15) is 0 Å². The molecular formula is C17H22N2OS. The first-order chi connectivity index (χ1) is 9.81. The molecule has 112 valence electrons. The highest BCUT2D eigenvalue weighted by molar-refractivity contribution is 7.17. The van der Waals surface area contributed by atoms with Crippen LogP contribution in [0.3, 0.4) is 0 Å². The lowest BCUT2D eigenvalue weighted by Crippen LogP contribution is -2.18. The van der Waals surface area contributed by atoms with Gasteiger partial charge in [-0.05, 0) is 12.5 Å². The van der Waals surface area contributed by atoms with E-state index in [1.807, 2.05) is 7.05 Å². The van der Waals surface area contributed by atoms with E-state index in [1.165, 1.54) is 22.5 Å². The van der Waals surface area contributed by atoms with Crippen LogP contribution in [0.5, 0.6) is 0 Å². The van der Waals surface area contributed by atoms with Gasteiger partial charge in [0, 0.05) is 19.0 Å². The maximum absolute atomic E-state index is 11.3. The van der Waals surface area contributed by atoms with E-state index in [0.29, 0.717) is 0 Å². The van der Waals surface area contributed by atoms with E-state index in [9.17, 15) is 4.79 Å². The van der Waals surface area contributed by atoms with Gasteiger partial charge in [0.15, 0.2) is 11.4 Å². The van der Waals surface area contributed by atoms with Crippen LogP contribution < -0.4 is 4.90 Å². The largest absolute Gasteiger partial charge is 0.347 e. The molecule has 2 aromatic rings. The average molecular weight is 302 g/mol. The minimum atomic E-state index is -0.116. The third-order valence-corrected chi connectivity index (χ3v) is 4.38. The first kappa shape index (κ1) is 15.7. The molecule has 0 N–H and O–H groups in total. The van der Waals surface area contributed by atoms with E-state index in [0.717, 1.165) is 28.5 Å². The summed E-state index contributed by atoms with van der Waals surface area (Å²) in [5.41, 5.74) is 3.27. The van der Waals surface area contributed by atoms with Crippen LogP contribution in [-0.2, 0) is 12.0 Å². The lowest BCUT2D eigenvalue weighted by atomic mass is 9.91. The van der Waals surface area contributed by atoms with Gasteiger partial charge in [-0.1, -0.05) is 61.9 Å². The molecule has 0 unspecified atom stereocenters. The van der Waals surface area contributed by atoms with E-state index in [4.69, 9.17) is 0 Å². The minimum absolute atomic E-state index is 0.116. The molecule has 3 nitrogen and oxygen atoms in total. The Hall–Kier alpha value is -1.68. The van der Waals surface area contributed by atoms with E-state index in [-0.39, 0.29) is 5.41 Å². The third-order valence-electron chi connectivity index (χ3n) is 3.29. The molecule has 1 aromatic carbocycles. The average Bonchev–Trinajstić information content (AvgIpc) is 2.82. The number of anilines is 1. The number of rotatable bonds is 4. The summed E-state index contributed by atoms with van der Waals surface area (Å²) in [6, 6.07) is 8.45. The predicted octanol–water partition coefficient (Wildman–Crippen LogP) is 4.20. The molecule has 1 aromatic heterocycles. The quantitative estimate of drug-likeness (QED) is 0.794. The van der Waals surface area contributed by atoms with Crippen LogP contribution in [-0.4, -0.2) is 18.3 Å². The second-order valence-corrected chi connectivity index (χ2v) is 7.43. The van der Waals surface area contributed by atoms with Crippen LogP contribution >= 0.6 is 11.3 Å². The van der Waals surface area contributed by atoms with E-state index >= 15 is 0 Å². The van der Waals surface area contributed by atoms with Crippen LogP contribution in [0.1, 0.15) is 47.3 Å². The Bertz CT molecular complexity index is 640. The summed E-state index contributed by atoms with van der Waals surface area (Å²) in [5.74, 6) is 0. The number of benzene rings is 1. The molecular weight excluding hydrogens is 280 g/mol. The number of carbonyl (C=O) groups is 1. The van der Waals surface area contributed by atoms with Gasteiger partial charge in [-0.15, -0.1) is 0 Å². The van der Waals surface area contributed by atoms with Crippen LogP contribution in [0.2, 0.25) is 0 Å². The van der Waals surface area contributed by atoms with E-state index < -0.39 is 0 Å². The van der Waals surface area contributed by atoms with Crippen LogP contribution in [0.25, 0.3) is 0 Å². The summed E-state index contributed by atoms with van der Waals surface area (Å²) in [5, 5.41) is 0.892. The number of aromatic nitrogens is 1. The van der Waals surface area contributed by atoms with Gasteiger partial charge in [-0.25, -0.2) is 4.98 Å². The zero-order valence-electron chi connectivity index (χ0n) is 13.3. The number of nitrogens with zero attached hydrogens (tertiary/aromatic N) is 2. The highest BCUT2D eigenvalue weighted by Gasteiger charge is 2.24. The minimum Gasteiger partial charge on any atom is -0.347 e. The van der Waals surface area contributed by atoms with Gasteiger partial charge in [0.25, 0.3) is 0 Å². The summed E-state index contributed by atoms with van der Waals surface area (Å²) in [7, 11) is 2.02. The molecule has 0 saturated heterocycles. The number of carbonyl (C=O) groups excluding carboxylic acids is 1. The van der Waals surface area contributed by atoms with Crippen molar-refractivity contribution in [2.45, 2.75) is 39.7 Å². The maximum atomic E-state index is 11.3. The molecule has 0 aliphatic carbocycles. The van der Waals surface area contributed by atoms with Crippen molar-refractivity contribution in [1.29, 1.82) is 0 Å². The molecule has 4 heteroatoms. The highest BCUT2D eigenvalue weighted by Crippen LogP contribution is 2.32. The maximum Gasteiger partial charge on any atom is 0.186 e. The molecule has 1 heterocycles. The second-order valence-electron chi connectivity index (χ2n) is 6.42. The molecule has 0 aliphatic heterocycles. The zero-order chi connectivity index (χ0) is 15.6. The Morgan fingerprint density at radius 2 is 2.05 bits per heavy atom. The summed E-state index contributed by atoms with van der Waals surface area (Å²) < 4.78 is 0. The Balaban J connectivity index is 2.25. The van der Waals surface area contributed by atoms with Gasteiger partial charge >= 0.3 is 0 Å². The van der Waals surface area contributed by atoms with Gasteiger partial charge < -0.3 is 4.90 Å². The predicted molar refractivity (Wildman–Crippen MR) is 89.5 cm³/mol. The van der Waals surface area contributed by atoms with Crippen molar-refractivity contribution >= 4 is 22.8 Å². The Kier molecular flexibility index (Phi) is 4.47.